The van der Waals surface area contributed by atoms with Gasteiger partial charge in [0.2, 0.25) is 6.79 Å². The Kier molecular flexibility index (Phi) is 4.91. The first-order chi connectivity index (χ1) is 15.2. The Morgan fingerprint density at radius 2 is 1.97 bits per heavy atom. The lowest BCUT2D eigenvalue weighted by atomic mass is 9.78. The highest BCUT2D eigenvalue weighted by Crippen LogP contribution is 2.36. The van der Waals surface area contributed by atoms with Crippen molar-refractivity contribution in [2.75, 3.05) is 24.8 Å². The van der Waals surface area contributed by atoms with Gasteiger partial charge < -0.3 is 24.8 Å². The number of fused-ring (bicyclic) bond motifs is 1. The molecule has 2 atom stereocenters. The molecular weight excluding hydrogens is 396 g/mol. The minimum absolute atomic E-state index is 0.144. The molecule has 0 saturated carbocycles. The van der Waals surface area contributed by atoms with Crippen LogP contribution in [0.15, 0.2) is 67.1 Å². The number of hydrogen-bond acceptors (Lipinski definition) is 7. The van der Waals surface area contributed by atoms with Crippen LogP contribution in [0.3, 0.4) is 0 Å². The number of amides is 1. The van der Waals surface area contributed by atoms with E-state index in [4.69, 9.17) is 9.47 Å². The van der Waals surface area contributed by atoms with Crippen molar-refractivity contribution in [1.82, 2.24) is 15.3 Å². The molecule has 8 nitrogen and oxygen atoms in total. The summed E-state index contributed by atoms with van der Waals surface area (Å²) in [5.74, 6) is 1.57. The minimum atomic E-state index is -0.937. The Bertz CT molecular complexity index is 1080. The number of anilines is 1. The van der Waals surface area contributed by atoms with E-state index in [0.717, 1.165) is 5.56 Å². The first-order valence-corrected chi connectivity index (χ1v) is 10.1. The van der Waals surface area contributed by atoms with Gasteiger partial charge in [-0.3, -0.25) is 9.78 Å². The van der Waals surface area contributed by atoms with Crippen LogP contribution in [-0.2, 0) is 5.54 Å². The Morgan fingerprint density at radius 1 is 1.13 bits per heavy atom. The SMILES string of the molecule is O=C(N[C@@]1(c2ccccc2)CCN(c2cnccn2)C[C@H]1O)c1ccc2c(c1)OCO2. The molecule has 3 heterocycles. The van der Waals surface area contributed by atoms with Crippen molar-refractivity contribution in [2.24, 2.45) is 0 Å². The maximum Gasteiger partial charge on any atom is 0.252 e. The summed E-state index contributed by atoms with van der Waals surface area (Å²) < 4.78 is 10.7. The molecule has 1 amide bonds. The van der Waals surface area contributed by atoms with Crippen molar-refractivity contribution in [1.29, 1.82) is 0 Å². The second kappa shape index (κ2) is 7.88. The molecular formula is C23H22N4O4. The normalized spacial score (nSPS) is 22.2. The molecule has 2 N–H and O–H groups in total. The number of nitrogens with one attached hydrogen (secondary N) is 1. The van der Waals surface area contributed by atoms with E-state index >= 15 is 0 Å². The van der Waals surface area contributed by atoms with Gasteiger partial charge in [-0.25, -0.2) is 4.98 Å². The van der Waals surface area contributed by atoms with E-state index in [9.17, 15) is 9.90 Å². The smallest absolute Gasteiger partial charge is 0.252 e. The number of ether oxygens (including phenoxy) is 2. The van der Waals surface area contributed by atoms with Gasteiger partial charge in [-0.1, -0.05) is 30.3 Å². The maximum absolute atomic E-state index is 13.2. The van der Waals surface area contributed by atoms with Crippen LogP contribution in [0.1, 0.15) is 22.3 Å². The maximum atomic E-state index is 13.2. The van der Waals surface area contributed by atoms with E-state index in [1.807, 2.05) is 35.2 Å². The second-order valence-electron chi connectivity index (χ2n) is 7.63. The Morgan fingerprint density at radius 3 is 2.74 bits per heavy atom. The van der Waals surface area contributed by atoms with Gasteiger partial charge >= 0.3 is 0 Å². The van der Waals surface area contributed by atoms with Crippen molar-refractivity contribution >= 4 is 11.7 Å². The molecule has 8 heteroatoms. The Hall–Kier alpha value is -3.65. The van der Waals surface area contributed by atoms with E-state index in [0.29, 0.717) is 42.4 Å². The van der Waals surface area contributed by atoms with Gasteiger partial charge in [0.15, 0.2) is 11.5 Å². The van der Waals surface area contributed by atoms with Crippen LogP contribution in [0.5, 0.6) is 11.5 Å². The molecule has 1 aromatic heterocycles. The number of carbonyl (C=O) groups is 1. The number of β-amino-alcohol motifs (C(OH)–C–C–N with tert-alkyl or cyclic N) is 1. The van der Waals surface area contributed by atoms with Gasteiger partial charge in [-0.2, -0.15) is 0 Å². The molecule has 2 aromatic carbocycles. The highest BCUT2D eigenvalue weighted by atomic mass is 16.7. The lowest BCUT2D eigenvalue weighted by molar-refractivity contribution is 0.0364. The molecule has 2 aliphatic rings. The summed E-state index contributed by atoms with van der Waals surface area (Å²) in [5, 5.41) is 14.4. The first-order valence-electron chi connectivity index (χ1n) is 10.1. The lowest BCUT2D eigenvalue weighted by Gasteiger charge is -2.46. The molecule has 5 rings (SSSR count). The summed E-state index contributed by atoms with van der Waals surface area (Å²) in [7, 11) is 0. The predicted molar refractivity (Wildman–Crippen MR) is 113 cm³/mol. The lowest BCUT2D eigenvalue weighted by Crippen LogP contribution is -2.62. The fourth-order valence-electron chi connectivity index (χ4n) is 4.20. The molecule has 0 radical (unpaired) electrons. The molecule has 1 saturated heterocycles. The van der Waals surface area contributed by atoms with E-state index in [-0.39, 0.29) is 12.7 Å². The number of benzene rings is 2. The summed E-state index contributed by atoms with van der Waals surface area (Å²) in [6.07, 6.45) is 4.56. The van der Waals surface area contributed by atoms with Gasteiger partial charge in [0.25, 0.3) is 5.91 Å². The van der Waals surface area contributed by atoms with Crippen molar-refractivity contribution in [3.63, 3.8) is 0 Å². The fourth-order valence-corrected chi connectivity index (χ4v) is 4.20. The quantitative estimate of drug-likeness (QED) is 0.670. The fraction of sp³-hybridized carbons (Fsp3) is 0.261. The molecule has 2 aliphatic heterocycles. The van der Waals surface area contributed by atoms with Crippen LogP contribution in [0.25, 0.3) is 0 Å². The van der Waals surface area contributed by atoms with Crippen LogP contribution < -0.4 is 19.7 Å². The van der Waals surface area contributed by atoms with E-state index < -0.39 is 11.6 Å². The number of hydrogen-bond donors (Lipinski definition) is 2. The van der Waals surface area contributed by atoms with Crippen molar-refractivity contribution in [3.8, 4) is 11.5 Å². The largest absolute Gasteiger partial charge is 0.454 e. The molecule has 0 aliphatic carbocycles. The van der Waals surface area contributed by atoms with Crippen molar-refractivity contribution in [2.45, 2.75) is 18.1 Å². The average molecular weight is 418 g/mol. The summed E-state index contributed by atoms with van der Waals surface area (Å²) in [5.41, 5.74) is 0.367. The summed E-state index contributed by atoms with van der Waals surface area (Å²) in [6.45, 7) is 1.06. The van der Waals surface area contributed by atoms with Gasteiger partial charge in [0.1, 0.15) is 5.82 Å². The molecule has 0 unspecified atom stereocenters. The Balaban J connectivity index is 1.44. The van der Waals surface area contributed by atoms with Crippen LogP contribution in [0.2, 0.25) is 0 Å². The average Bonchev–Trinajstić information content (AvgIpc) is 3.29. The summed E-state index contributed by atoms with van der Waals surface area (Å²) in [4.78, 5) is 23.7. The predicted octanol–water partition coefficient (Wildman–Crippen LogP) is 2.10. The zero-order valence-electron chi connectivity index (χ0n) is 16.8. The standard InChI is InChI=1S/C23H22N4O4/c28-20-14-27(21-13-24-9-10-25-21)11-8-23(20,17-4-2-1-3-5-17)26-22(29)16-6-7-18-19(12-16)31-15-30-18/h1-7,9-10,12-13,20,28H,8,11,14-15H2,(H,26,29)/t20-,23-/m1/s1. The zero-order valence-corrected chi connectivity index (χ0v) is 16.8. The monoisotopic (exact) mass is 418 g/mol. The Labute approximate surface area is 179 Å². The van der Waals surface area contributed by atoms with E-state index in [1.165, 1.54) is 0 Å². The van der Waals surface area contributed by atoms with E-state index in [2.05, 4.69) is 15.3 Å². The van der Waals surface area contributed by atoms with E-state index in [1.54, 1.807) is 36.8 Å². The molecule has 0 spiro atoms. The van der Waals surface area contributed by atoms with Crippen LogP contribution >= 0.6 is 0 Å². The number of aliphatic hydroxyl groups excluding tert-OH is 1. The van der Waals surface area contributed by atoms with Crippen molar-refractivity contribution < 1.29 is 19.4 Å². The summed E-state index contributed by atoms with van der Waals surface area (Å²) in [6, 6.07) is 14.7. The number of carbonyl (C=O) groups excluding carboxylic acids is 1. The zero-order chi connectivity index (χ0) is 21.3. The van der Waals surface area contributed by atoms with Gasteiger partial charge in [-0.15, -0.1) is 0 Å². The van der Waals surface area contributed by atoms with Gasteiger partial charge in [0, 0.05) is 31.0 Å². The molecule has 0 bridgehead atoms. The molecule has 1 fully saturated rings. The third kappa shape index (κ3) is 3.55. The molecule has 158 valence electrons. The molecule has 31 heavy (non-hydrogen) atoms. The number of aliphatic hydroxyl groups is 1. The van der Waals surface area contributed by atoms with Crippen LogP contribution in [0, 0.1) is 0 Å². The third-order valence-electron chi connectivity index (χ3n) is 5.87. The second-order valence-corrected chi connectivity index (χ2v) is 7.63. The van der Waals surface area contributed by atoms with Gasteiger partial charge in [-0.05, 0) is 30.2 Å². The third-order valence-corrected chi connectivity index (χ3v) is 5.87. The first kappa shape index (κ1) is 19.3. The van der Waals surface area contributed by atoms with Gasteiger partial charge in [0.05, 0.1) is 17.8 Å². The number of aromatic nitrogens is 2. The topological polar surface area (TPSA) is 96.8 Å². The van der Waals surface area contributed by atoms with Crippen molar-refractivity contribution in [3.05, 3.63) is 78.2 Å². The highest BCUT2D eigenvalue weighted by molar-refractivity contribution is 5.95. The molecule has 3 aromatic rings. The number of rotatable bonds is 4. The number of piperidine rings is 1. The van der Waals surface area contributed by atoms with Crippen LogP contribution in [-0.4, -0.2) is 47.0 Å². The minimum Gasteiger partial charge on any atom is -0.454 e. The highest BCUT2D eigenvalue weighted by Gasteiger charge is 2.45. The summed E-state index contributed by atoms with van der Waals surface area (Å²) >= 11 is 0. The van der Waals surface area contributed by atoms with Crippen LogP contribution in [0.4, 0.5) is 5.82 Å². The number of nitrogens with zero attached hydrogens (tertiary/aromatic N) is 3.